The molecule has 0 saturated carbocycles. The molecule has 78 valence electrons. The summed E-state index contributed by atoms with van der Waals surface area (Å²) in [5.74, 6) is 0.321. The van der Waals surface area contributed by atoms with Crippen molar-refractivity contribution in [3.8, 4) is 0 Å². The normalized spacial score (nSPS) is 16.7. The minimum Gasteiger partial charge on any atom is -0.471 e. The number of aliphatic imine (C=N–C) groups is 1. The number of rotatable bonds is 2. The summed E-state index contributed by atoms with van der Waals surface area (Å²) < 4.78 is 5.21. The zero-order valence-electron chi connectivity index (χ0n) is 8.15. The van der Waals surface area contributed by atoms with Crippen LogP contribution in [0.3, 0.4) is 0 Å². The predicted molar refractivity (Wildman–Crippen MR) is 56.0 cm³/mol. The fraction of sp³-hybridized carbons (Fsp3) is 0.625. The maximum Gasteiger partial charge on any atom is 0.304 e. The Labute approximate surface area is 86.5 Å². The summed E-state index contributed by atoms with van der Waals surface area (Å²) in [6.45, 7) is 2.77. The maximum atomic E-state index is 11.0. The summed E-state index contributed by atoms with van der Waals surface area (Å²) in [6.07, 6.45) is 2.27. The Morgan fingerprint density at radius 2 is 2.43 bits per heavy atom. The minimum absolute atomic E-state index is 0.251. The number of hydrogen-bond donors (Lipinski definition) is 0. The van der Waals surface area contributed by atoms with Crippen LogP contribution in [0.5, 0.6) is 0 Å². The van der Waals surface area contributed by atoms with Gasteiger partial charge in [-0.05, 0) is 17.8 Å². The first-order valence-electron chi connectivity index (χ1n) is 4.26. The lowest BCUT2D eigenvalue weighted by atomic mass is 10.3. The summed E-state index contributed by atoms with van der Waals surface area (Å²) in [6, 6.07) is 0. The summed E-state index contributed by atoms with van der Waals surface area (Å²) in [5, 5.41) is 3.44. The van der Waals surface area contributed by atoms with E-state index >= 15 is 0 Å². The summed E-state index contributed by atoms with van der Waals surface area (Å²) in [7, 11) is 0. The van der Waals surface area contributed by atoms with Gasteiger partial charge in [-0.3, -0.25) is 4.79 Å². The third kappa shape index (κ3) is 3.02. The Balaban J connectivity index is 2.74. The second kappa shape index (κ2) is 5.64. The van der Waals surface area contributed by atoms with Crippen molar-refractivity contribution < 1.29 is 14.4 Å². The lowest BCUT2D eigenvalue weighted by molar-refractivity contribution is 0.0674. The zero-order chi connectivity index (χ0) is 10.4. The van der Waals surface area contributed by atoms with Crippen molar-refractivity contribution in [2.75, 3.05) is 19.5 Å². The molecule has 0 saturated heterocycles. The summed E-state index contributed by atoms with van der Waals surface area (Å²) in [5.41, 5.74) is 0.532. The Morgan fingerprint density at radius 3 is 2.93 bits per heavy atom. The first kappa shape index (κ1) is 11.0. The maximum absolute atomic E-state index is 11.0. The molecular formula is C8H12N2O3S. The van der Waals surface area contributed by atoms with E-state index in [-0.39, 0.29) is 5.24 Å². The van der Waals surface area contributed by atoms with Crippen LogP contribution < -0.4 is 0 Å². The van der Waals surface area contributed by atoms with Gasteiger partial charge in [0.2, 0.25) is 0 Å². The number of carbonyl (C=O) groups is 1. The first-order chi connectivity index (χ1) is 6.77. The molecule has 1 rings (SSSR count). The third-order valence-electron chi connectivity index (χ3n) is 1.54. The lowest BCUT2D eigenvalue weighted by Gasteiger charge is -2.13. The standard InChI is InChI=1S/C8H12N2O3S/c1-3-6(9-8(11)14-2)7-10-13-5-4-12-7/h3-5H2,1-2H3/b9-6+. The summed E-state index contributed by atoms with van der Waals surface area (Å²) >= 11 is 1.05. The Morgan fingerprint density at radius 1 is 1.64 bits per heavy atom. The number of thioether (sulfide) groups is 1. The van der Waals surface area contributed by atoms with Crippen LogP contribution in [0.4, 0.5) is 4.79 Å². The molecule has 0 aromatic rings. The van der Waals surface area contributed by atoms with Crippen molar-refractivity contribution in [1.29, 1.82) is 0 Å². The van der Waals surface area contributed by atoms with Gasteiger partial charge in [-0.2, -0.15) is 0 Å². The van der Waals surface area contributed by atoms with Gasteiger partial charge in [-0.15, -0.1) is 0 Å². The number of oxime groups is 1. The lowest BCUT2D eigenvalue weighted by Crippen LogP contribution is -2.24. The van der Waals surface area contributed by atoms with E-state index in [2.05, 4.69) is 10.1 Å². The molecule has 0 unspecified atom stereocenters. The molecule has 0 fully saturated rings. The number of ether oxygens (including phenoxy) is 1. The molecule has 0 aromatic heterocycles. The van der Waals surface area contributed by atoms with Gasteiger partial charge in [-0.1, -0.05) is 18.7 Å². The second-order valence-corrected chi connectivity index (χ2v) is 3.22. The summed E-state index contributed by atoms with van der Waals surface area (Å²) in [4.78, 5) is 19.7. The molecule has 1 aliphatic rings. The Hall–Kier alpha value is -1.04. The number of hydrogen-bond acceptors (Lipinski definition) is 5. The van der Waals surface area contributed by atoms with Crippen molar-refractivity contribution in [3.05, 3.63) is 0 Å². The molecule has 1 aliphatic heterocycles. The zero-order valence-corrected chi connectivity index (χ0v) is 8.97. The van der Waals surface area contributed by atoms with E-state index < -0.39 is 0 Å². The fourth-order valence-corrected chi connectivity index (χ4v) is 1.08. The monoisotopic (exact) mass is 216 g/mol. The van der Waals surface area contributed by atoms with Gasteiger partial charge in [0.25, 0.3) is 5.90 Å². The topological polar surface area (TPSA) is 60.2 Å². The molecule has 0 bridgehead atoms. The van der Waals surface area contributed by atoms with E-state index in [4.69, 9.17) is 9.57 Å². The molecule has 0 spiro atoms. The largest absolute Gasteiger partial charge is 0.471 e. The average molecular weight is 216 g/mol. The molecule has 14 heavy (non-hydrogen) atoms. The number of amides is 1. The van der Waals surface area contributed by atoms with E-state index in [1.807, 2.05) is 6.92 Å². The van der Waals surface area contributed by atoms with Crippen molar-refractivity contribution in [1.82, 2.24) is 0 Å². The van der Waals surface area contributed by atoms with Gasteiger partial charge >= 0.3 is 5.24 Å². The highest BCUT2D eigenvalue weighted by Crippen LogP contribution is 2.04. The van der Waals surface area contributed by atoms with Gasteiger partial charge in [0, 0.05) is 0 Å². The smallest absolute Gasteiger partial charge is 0.304 e. The van der Waals surface area contributed by atoms with Crippen LogP contribution in [0, 0.1) is 0 Å². The Bertz CT molecular complexity index is 276. The second-order valence-electron chi connectivity index (χ2n) is 2.46. The predicted octanol–water partition coefficient (Wildman–Crippen LogP) is 1.68. The average Bonchev–Trinajstić information content (AvgIpc) is 2.26. The third-order valence-corrected chi connectivity index (χ3v) is 1.98. The highest BCUT2D eigenvalue weighted by atomic mass is 32.2. The van der Waals surface area contributed by atoms with E-state index in [0.717, 1.165) is 11.8 Å². The van der Waals surface area contributed by atoms with E-state index in [9.17, 15) is 4.79 Å². The minimum atomic E-state index is -0.251. The molecule has 0 aliphatic carbocycles. The molecule has 0 aromatic carbocycles. The first-order valence-corrected chi connectivity index (χ1v) is 5.49. The van der Waals surface area contributed by atoms with Crippen LogP contribution in [-0.4, -0.2) is 36.3 Å². The molecule has 0 atom stereocenters. The van der Waals surface area contributed by atoms with Gasteiger partial charge < -0.3 is 9.57 Å². The van der Waals surface area contributed by atoms with Gasteiger partial charge in [0.15, 0.2) is 6.61 Å². The Kier molecular flexibility index (Phi) is 4.45. The molecule has 0 radical (unpaired) electrons. The quantitative estimate of drug-likeness (QED) is 0.659. The van der Waals surface area contributed by atoms with Gasteiger partial charge in [0.05, 0.1) is 0 Å². The van der Waals surface area contributed by atoms with E-state index in [1.54, 1.807) is 6.26 Å². The van der Waals surface area contributed by atoms with Crippen LogP contribution in [0.1, 0.15) is 13.3 Å². The van der Waals surface area contributed by atoms with Crippen LogP contribution >= 0.6 is 11.8 Å². The highest BCUT2D eigenvalue weighted by Gasteiger charge is 2.14. The molecular weight excluding hydrogens is 204 g/mol. The molecule has 1 heterocycles. The molecule has 6 heteroatoms. The van der Waals surface area contributed by atoms with E-state index in [1.165, 1.54) is 0 Å². The van der Waals surface area contributed by atoms with Crippen molar-refractivity contribution in [2.24, 2.45) is 10.1 Å². The van der Waals surface area contributed by atoms with Gasteiger partial charge in [0.1, 0.15) is 12.3 Å². The fourth-order valence-electron chi connectivity index (χ4n) is 0.876. The van der Waals surface area contributed by atoms with E-state index in [0.29, 0.717) is 31.2 Å². The molecule has 0 N–H and O–H groups in total. The van der Waals surface area contributed by atoms with Crippen molar-refractivity contribution in [2.45, 2.75) is 13.3 Å². The van der Waals surface area contributed by atoms with Crippen LogP contribution in [0.15, 0.2) is 10.1 Å². The van der Waals surface area contributed by atoms with Crippen LogP contribution in [0.2, 0.25) is 0 Å². The molecule has 1 amide bonds. The van der Waals surface area contributed by atoms with Crippen LogP contribution in [0.25, 0.3) is 0 Å². The number of carbonyl (C=O) groups excluding carboxylic acids is 1. The van der Waals surface area contributed by atoms with Crippen molar-refractivity contribution in [3.63, 3.8) is 0 Å². The molecule has 5 nitrogen and oxygen atoms in total. The van der Waals surface area contributed by atoms with Crippen molar-refractivity contribution >= 4 is 28.6 Å². The number of nitrogens with zero attached hydrogens (tertiary/aromatic N) is 2. The SMILES string of the molecule is CC/C(=N\C(=O)SC)C1=NOCCO1. The highest BCUT2D eigenvalue weighted by molar-refractivity contribution is 8.13. The van der Waals surface area contributed by atoms with Gasteiger partial charge in [-0.25, -0.2) is 4.99 Å². The van der Waals surface area contributed by atoms with Crippen LogP contribution in [-0.2, 0) is 9.57 Å².